The topological polar surface area (TPSA) is 47.6 Å². The summed E-state index contributed by atoms with van der Waals surface area (Å²) in [5.41, 5.74) is 0.609. The van der Waals surface area contributed by atoms with E-state index in [1.165, 1.54) is 0 Å². The molecule has 1 unspecified atom stereocenters. The van der Waals surface area contributed by atoms with Gasteiger partial charge in [0.05, 0.1) is 18.8 Å². The highest BCUT2D eigenvalue weighted by Crippen LogP contribution is 2.14. The van der Waals surface area contributed by atoms with Gasteiger partial charge >= 0.3 is 0 Å². The van der Waals surface area contributed by atoms with Crippen molar-refractivity contribution in [1.82, 2.24) is 5.32 Å². The van der Waals surface area contributed by atoms with Gasteiger partial charge in [-0.1, -0.05) is 15.9 Å². The average molecular weight is 330 g/mol. The molecule has 0 saturated heterocycles. The molecule has 5 heteroatoms. The third-order valence-electron chi connectivity index (χ3n) is 2.38. The molecule has 1 rings (SSSR count). The highest BCUT2D eigenvalue weighted by atomic mass is 79.9. The first-order chi connectivity index (χ1) is 9.06. The molecule has 19 heavy (non-hydrogen) atoms. The molecular weight excluding hydrogens is 310 g/mol. The molecule has 1 N–H and O–H groups in total. The van der Waals surface area contributed by atoms with Crippen LogP contribution in [0.15, 0.2) is 24.3 Å². The number of benzene rings is 1. The Bertz CT molecular complexity index is 392. The van der Waals surface area contributed by atoms with Crippen LogP contribution >= 0.6 is 15.9 Å². The molecule has 0 aromatic heterocycles. The number of hydrogen-bond acceptors (Lipinski definition) is 3. The minimum atomic E-state index is -0.113. The van der Waals surface area contributed by atoms with Gasteiger partial charge in [0.1, 0.15) is 5.75 Å². The van der Waals surface area contributed by atoms with Crippen LogP contribution in [-0.2, 0) is 4.74 Å². The zero-order chi connectivity index (χ0) is 14.3. The molecule has 106 valence electrons. The van der Waals surface area contributed by atoms with Crippen LogP contribution in [0.5, 0.6) is 5.75 Å². The number of hydrogen-bond donors (Lipinski definition) is 1. The predicted octanol–water partition coefficient (Wildman–Crippen LogP) is 2.61. The van der Waals surface area contributed by atoms with Crippen molar-refractivity contribution in [2.75, 3.05) is 19.0 Å². The van der Waals surface area contributed by atoms with E-state index in [-0.39, 0.29) is 18.1 Å². The van der Waals surface area contributed by atoms with Gasteiger partial charge in [0, 0.05) is 18.0 Å². The second kappa shape index (κ2) is 8.17. The number of methoxy groups -OCH3 is 1. The molecule has 0 radical (unpaired) electrons. The van der Waals surface area contributed by atoms with E-state index in [1.807, 2.05) is 13.8 Å². The van der Waals surface area contributed by atoms with E-state index in [0.717, 1.165) is 5.75 Å². The summed E-state index contributed by atoms with van der Waals surface area (Å²) >= 11 is 3.34. The Hall–Kier alpha value is -1.07. The van der Waals surface area contributed by atoms with Crippen LogP contribution in [0.25, 0.3) is 0 Å². The second-order valence-electron chi connectivity index (χ2n) is 4.47. The molecule has 0 aliphatic heterocycles. The Morgan fingerprint density at radius 2 is 1.95 bits per heavy atom. The van der Waals surface area contributed by atoms with Gasteiger partial charge in [-0.25, -0.2) is 0 Å². The lowest BCUT2D eigenvalue weighted by molar-refractivity contribution is 0.0908. The molecule has 0 aliphatic rings. The number of halogens is 1. The maximum absolute atomic E-state index is 12.0. The third-order valence-corrected chi connectivity index (χ3v) is 3.16. The van der Waals surface area contributed by atoms with Crippen molar-refractivity contribution in [3.63, 3.8) is 0 Å². The van der Waals surface area contributed by atoms with E-state index in [1.54, 1.807) is 31.4 Å². The number of alkyl halides is 1. The number of carbonyl (C=O) groups is 1. The second-order valence-corrected chi connectivity index (χ2v) is 5.12. The zero-order valence-corrected chi connectivity index (χ0v) is 13.1. The van der Waals surface area contributed by atoms with Crippen LogP contribution in [0.3, 0.4) is 0 Å². The largest absolute Gasteiger partial charge is 0.491 e. The Labute approximate surface area is 122 Å². The molecule has 1 amide bonds. The smallest absolute Gasteiger partial charge is 0.251 e. The highest BCUT2D eigenvalue weighted by molar-refractivity contribution is 9.09. The summed E-state index contributed by atoms with van der Waals surface area (Å²) in [6.45, 7) is 4.41. The lowest BCUT2D eigenvalue weighted by atomic mass is 10.2. The maximum atomic E-state index is 12.0. The van der Waals surface area contributed by atoms with Crippen LogP contribution in [0.2, 0.25) is 0 Å². The lowest BCUT2D eigenvalue weighted by Gasteiger charge is -2.15. The summed E-state index contributed by atoms with van der Waals surface area (Å²) in [6, 6.07) is 7.07. The van der Waals surface area contributed by atoms with Crippen molar-refractivity contribution in [3.05, 3.63) is 29.8 Å². The Morgan fingerprint density at radius 1 is 1.32 bits per heavy atom. The minimum Gasteiger partial charge on any atom is -0.491 e. The summed E-state index contributed by atoms with van der Waals surface area (Å²) in [4.78, 5) is 12.0. The quantitative estimate of drug-likeness (QED) is 0.782. The van der Waals surface area contributed by atoms with Crippen molar-refractivity contribution in [3.8, 4) is 5.75 Å². The standard InChI is InChI=1S/C14H20BrNO3/c1-10(2)19-13-6-4-11(5-7-13)14(17)16-12(8-15)9-18-3/h4-7,10,12H,8-9H2,1-3H3,(H,16,17). The predicted molar refractivity (Wildman–Crippen MR) is 79.1 cm³/mol. The lowest BCUT2D eigenvalue weighted by Crippen LogP contribution is -2.39. The Kier molecular flexibility index (Phi) is 6.87. The van der Waals surface area contributed by atoms with Gasteiger partial charge in [-0.2, -0.15) is 0 Å². The van der Waals surface area contributed by atoms with E-state index in [0.29, 0.717) is 17.5 Å². The van der Waals surface area contributed by atoms with E-state index in [9.17, 15) is 4.79 Å². The highest BCUT2D eigenvalue weighted by Gasteiger charge is 2.12. The van der Waals surface area contributed by atoms with Crippen molar-refractivity contribution < 1.29 is 14.3 Å². The summed E-state index contributed by atoms with van der Waals surface area (Å²) in [6.07, 6.45) is 0.124. The molecule has 0 aliphatic carbocycles. The Morgan fingerprint density at radius 3 is 2.42 bits per heavy atom. The van der Waals surface area contributed by atoms with E-state index in [2.05, 4.69) is 21.2 Å². The van der Waals surface area contributed by atoms with Crippen LogP contribution in [0.1, 0.15) is 24.2 Å². The van der Waals surface area contributed by atoms with E-state index >= 15 is 0 Å². The third kappa shape index (κ3) is 5.61. The van der Waals surface area contributed by atoms with Gasteiger partial charge in [0.15, 0.2) is 0 Å². The van der Waals surface area contributed by atoms with Crippen LogP contribution < -0.4 is 10.1 Å². The van der Waals surface area contributed by atoms with Crippen molar-refractivity contribution in [1.29, 1.82) is 0 Å². The molecule has 0 spiro atoms. The molecule has 0 heterocycles. The number of ether oxygens (including phenoxy) is 2. The minimum absolute atomic E-state index is 0.0379. The van der Waals surface area contributed by atoms with Crippen molar-refractivity contribution in [2.24, 2.45) is 0 Å². The number of amides is 1. The SMILES string of the molecule is COCC(CBr)NC(=O)c1ccc(OC(C)C)cc1. The first-order valence-electron chi connectivity index (χ1n) is 6.19. The van der Waals surface area contributed by atoms with Crippen molar-refractivity contribution >= 4 is 21.8 Å². The van der Waals surface area contributed by atoms with Gasteiger partial charge in [0.25, 0.3) is 5.91 Å². The van der Waals surface area contributed by atoms with Crippen molar-refractivity contribution in [2.45, 2.75) is 26.0 Å². The maximum Gasteiger partial charge on any atom is 0.251 e. The zero-order valence-electron chi connectivity index (χ0n) is 11.5. The molecule has 0 bridgehead atoms. The normalized spacial score (nSPS) is 12.3. The van der Waals surface area contributed by atoms with Crippen LogP contribution in [0, 0.1) is 0 Å². The van der Waals surface area contributed by atoms with Gasteiger partial charge in [-0.15, -0.1) is 0 Å². The fraction of sp³-hybridized carbons (Fsp3) is 0.500. The number of rotatable bonds is 7. The van der Waals surface area contributed by atoms with Gasteiger partial charge in [-0.05, 0) is 38.1 Å². The monoisotopic (exact) mass is 329 g/mol. The summed E-state index contributed by atoms with van der Waals surface area (Å²) < 4.78 is 10.6. The Balaban J connectivity index is 2.62. The summed E-state index contributed by atoms with van der Waals surface area (Å²) in [5, 5.41) is 3.55. The molecule has 1 atom stereocenters. The molecule has 1 aromatic rings. The molecular formula is C14H20BrNO3. The number of carbonyl (C=O) groups excluding carboxylic acids is 1. The summed E-state index contributed by atoms with van der Waals surface area (Å²) in [5.74, 6) is 0.651. The van der Waals surface area contributed by atoms with E-state index < -0.39 is 0 Å². The fourth-order valence-corrected chi connectivity index (χ4v) is 1.90. The van der Waals surface area contributed by atoms with E-state index in [4.69, 9.17) is 9.47 Å². The molecule has 0 fully saturated rings. The average Bonchev–Trinajstić information content (AvgIpc) is 2.38. The number of nitrogens with one attached hydrogen (secondary N) is 1. The first-order valence-corrected chi connectivity index (χ1v) is 7.31. The van der Waals surface area contributed by atoms with Gasteiger partial charge in [0.2, 0.25) is 0 Å². The van der Waals surface area contributed by atoms with Gasteiger partial charge in [-0.3, -0.25) is 4.79 Å². The molecule has 0 saturated carbocycles. The fourth-order valence-electron chi connectivity index (χ4n) is 1.55. The first kappa shape index (κ1) is 16.0. The van der Waals surface area contributed by atoms with Crippen LogP contribution in [-0.4, -0.2) is 37.1 Å². The molecule has 4 nitrogen and oxygen atoms in total. The molecule has 1 aromatic carbocycles. The summed E-state index contributed by atoms with van der Waals surface area (Å²) in [7, 11) is 1.61. The van der Waals surface area contributed by atoms with Gasteiger partial charge < -0.3 is 14.8 Å². The van der Waals surface area contributed by atoms with Crippen LogP contribution in [0.4, 0.5) is 0 Å².